The van der Waals surface area contributed by atoms with E-state index in [9.17, 15) is 13.2 Å². The molecule has 7 heteroatoms. The highest BCUT2D eigenvalue weighted by Crippen LogP contribution is 2.44. The first-order chi connectivity index (χ1) is 8.79. The molecule has 1 saturated carbocycles. The largest absolute Gasteiger partial charge is 0.465 e. The molecule has 5 nitrogen and oxygen atoms in total. The van der Waals surface area contributed by atoms with Crippen molar-refractivity contribution >= 4 is 27.3 Å². The number of carbonyl (C=O) groups is 1. The van der Waals surface area contributed by atoms with Gasteiger partial charge in [0.1, 0.15) is 9.77 Å². The second kappa shape index (κ2) is 4.88. The number of nitrogens with one attached hydrogen (secondary N) is 1. The Hall–Kier alpha value is -0.920. The molecule has 0 saturated heterocycles. The third-order valence-electron chi connectivity index (χ3n) is 3.35. The molecule has 2 rings (SSSR count). The summed E-state index contributed by atoms with van der Waals surface area (Å²) in [6, 6.07) is 0. The lowest BCUT2D eigenvalue weighted by atomic mass is 10.2. The highest BCUT2D eigenvalue weighted by atomic mass is 32.2. The zero-order valence-electron chi connectivity index (χ0n) is 11.1. The van der Waals surface area contributed by atoms with E-state index in [4.69, 9.17) is 0 Å². The van der Waals surface area contributed by atoms with Gasteiger partial charge in [-0.15, -0.1) is 11.3 Å². The monoisotopic (exact) mass is 303 g/mol. The van der Waals surface area contributed by atoms with Crippen molar-refractivity contribution in [3.05, 3.63) is 15.8 Å². The maximum atomic E-state index is 12.3. The normalized spacial score (nSPS) is 17.2. The van der Waals surface area contributed by atoms with Crippen molar-refractivity contribution in [3.8, 4) is 0 Å². The summed E-state index contributed by atoms with van der Waals surface area (Å²) in [5.41, 5.74) is 0.640. The number of sulfonamides is 1. The molecule has 1 aromatic rings. The Balaban J connectivity index is 2.28. The zero-order valence-corrected chi connectivity index (χ0v) is 12.8. The molecule has 0 aromatic carbocycles. The summed E-state index contributed by atoms with van der Waals surface area (Å²) in [7, 11) is -2.42. The fraction of sp³-hybridized carbons (Fsp3) is 0.583. The van der Waals surface area contributed by atoms with Crippen LogP contribution < -0.4 is 4.72 Å². The minimum absolute atomic E-state index is 0.0496. The lowest BCUT2D eigenvalue weighted by Crippen LogP contribution is -2.30. The molecule has 0 bridgehead atoms. The first kappa shape index (κ1) is 14.5. The Labute approximate surface area is 117 Å². The summed E-state index contributed by atoms with van der Waals surface area (Å²) in [5, 5.41) is 1.65. The third kappa shape index (κ3) is 2.98. The Morgan fingerprint density at radius 3 is 2.68 bits per heavy atom. The van der Waals surface area contributed by atoms with Gasteiger partial charge in [-0.3, -0.25) is 0 Å². The molecule has 0 spiro atoms. The molecule has 0 aliphatic heterocycles. The Kier molecular flexibility index (Phi) is 3.72. The van der Waals surface area contributed by atoms with Crippen molar-refractivity contribution in [1.29, 1.82) is 0 Å². The van der Waals surface area contributed by atoms with E-state index in [2.05, 4.69) is 9.46 Å². The fourth-order valence-electron chi connectivity index (χ4n) is 1.73. The van der Waals surface area contributed by atoms with Crippen molar-refractivity contribution in [1.82, 2.24) is 4.72 Å². The minimum Gasteiger partial charge on any atom is -0.465 e. The third-order valence-corrected chi connectivity index (χ3v) is 6.15. The van der Waals surface area contributed by atoms with Crippen LogP contribution in [-0.4, -0.2) is 28.0 Å². The van der Waals surface area contributed by atoms with Crippen molar-refractivity contribution in [2.75, 3.05) is 13.7 Å². The van der Waals surface area contributed by atoms with Gasteiger partial charge in [0.2, 0.25) is 10.0 Å². The molecule has 19 heavy (non-hydrogen) atoms. The van der Waals surface area contributed by atoms with Crippen molar-refractivity contribution in [3.63, 3.8) is 0 Å². The molecule has 1 heterocycles. The smallest absolute Gasteiger partial charge is 0.349 e. The maximum absolute atomic E-state index is 12.3. The Bertz CT molecular complexity index is 599. The van der Waals surface area contributed by atoms with Crippen LogP contribution in [0.5, 0.6) is 0 Å². The molecule has 106 valence electrons. The summed E-state index contributed by atoms with van der Waals surface area (Å²) < 4.78 is 31.9. The maximum Gasteiger partial charge on any atom is 0.349 e. The highest BCUT2D eigenvalue weighted by Gasteiger charge is 2.39. The van der Waals surface area contributed by atoms with Crippen molar-refractivity contribution < 1.29 is 17.9 Å². The van der Waals surface area contributed by atoms with E-state index in [1.54, 1.807) is 12.3 Å². The summed E-state index contributed by atoms with van der Waals surface area (Å²) in [5.74, 6) is -0.615. The quantitative estimate of drug-likeness (QED) is 0.844. The molecule has 1 aliphatic carbocycles. The van der Waals surface area contributed by atoms with Crippen LogP contribution in [0.3, 0.4) is 0 Å². The summed E-state index contributed by atoms with van der Waals surface area (Å²) in [6.45, 7) is 4.12. The van der Waals surface area contributed by atoms with Gasteiger partial charge in [0.15, 0.2) is 0 Å². The van der Waals surface area contributed by atoms with Gasteiger partial charge in [0.05, 0.1) is 7.11 Å². The molecule has 1 fully saturated rings. The number of aryl methyl sites for hydroxylation is 1. The van der Waals surface area contributed by atoms with Crippen LogP contribution in [0.4, 0.5) is 0 Å². The van der Waals surface area contributed by atoms with Gasteiger partial charge in [0.25, 0.3) is 0 Å². The van der Waals surface area contributed by atoms with Gasteiger partial charge in [0, 0.05) is 6.54 Å². The van der Waals surface area contributed by atoms with E-state index in [1.807, 2.05) is 6.92 Å². The molecule has 0 radical (unpaired) electrons. The van der Waals surface area contributed by atoms with Crippen LogP contribution in [0.25, 0.3) is 0 Å². The molecular weight excluding hydrogens is 286 g/mol. The Morgan fingerprint density at radius 2 is 2.16 bits per heavy atom. The SMILES string of the molecule is COC(=O)c1scc(C)c1S(=O)(=O)NCC1(C)CC1. The van der Waals surface area contributed by atoms with Crippen LogP contribution in [0, 0.1) is 12.3 Å². The lowest BCUT2D eigenvalue weighted by molar-refractivity contribution is 0.0602. The van der Waals surface area contributed by atoms with Gasteiger partial charge in [-0.05, 0) is 36.1 Å². The predicted molar refractivity (Wildman–Crippen MR) is 72.9 cm³/mol. The molecule has 0 atom stereocenters. The molecule has 1 N–H and O–H groups in total. The van der Waals surface area contributed by atoms with Gasteiger partial charge in [-0.1, -0.05) is 6.92 Å². The molecule has 0 unspecified atom stereocenters. The van der Waals surface area contributed by atoms with Gasteiger partial charge < -0.3 is 4.74 Å². The van der Waals surface area contributed by atoms with E-state index in [1.165, 1.54) is 7.11 Å². The van der Waals surface area contributed by atoms with Gasteiger partial charge in [-0.25, -0.2) is 17.9 Å². The molecule has 1 aliphatic rings. The number of hydrogen-bond donors (Lipinski definition) is 1. The van der Waals surface area contributed by atoms with E-state index < -0.39 is 16.0 Å². The van der Waals surface area contributed by atoms with Crippen LogP contribution >= 0.6 is 11.3 Å². The zero-order chi connectivity index (χ0) is 14.3. The van der Waals surface area contributed by atoms with Crippen LogP contribution in [0.1, 0.15) is 35.0 Å². The van der Waals surface area contributed by atoms with E-state index in [0.29, 0.717) is 12.1 Å². The average molecular weight is 303 g/mol. The second-order valence-corrected chi connectivity index (χ2v) is 7.79. The molecule has 1 aromatic heterocycles. The Morgan fingerprint density at radius 1 is 1.53 bits per heavy atom. The van der Waals surface area contributed by atoms with Gasteiger partial charge in [-0.2, -0.15) is 0 Å². The summed E-state index contributed by atoms with van der Waals surface area (Å²) >= 11 is 1.09. The highest BCUT2D eigenvalue weighted by molar-refractivity contribution is 7.89. The number of rotatable bonds is 5. The van der Waals surface area contributed by atoms with Crippen LogP contribution in [0.2, 0.25) is 0 Å². The number of thiophene rings is 1. The van der Waals surface area contributed by atoms with Gasteiger partial charge >= 0.3 is 5.97 Å². The predicted octanol–water partition coefficient (Wildman–Crippen LogP) is 1.92. The number of carbonyl (C=O) groups excluding carboxylic acids is 1. The van der Waals surface area contributed by atoms with Crippen molar-refractivity contribution in [2.45, 2.75) is 31.6 Å². The van der Waals surface area contributed by atoms with E-state index in [0.717, 1.165) is 24.2 Å². The number of esters is 1. The number of ether oxygens (including phenoxy) is 1. The second-order valence-electron chi connectivity index (χ2n) is 5.20. The van der Waals surface area contributed by atoms with E-state index >= 15 is 0 Å². The standard InChI is InChI=1S/C12H17NO4S2/c1-8-6-18-9(11(14)17-3)10(8)19(15,16)13-7-12(2)4-5-12/h6,13H,4-5,7H2,1-3H3. The van der Waals surface area contributed by atoms with Crippen LogP contribution in [0.15, 0.2) is 10.3 Å². The number of methoxy groups -OCH3 is 1. The topological polar surface area (TPSA) is 72.5 Å². The lowest BCUT2D eigenvalue weighted by Gasteiger charge is -2.11. The average Bonchev–Trinajstić information content (AvgIpc) is 2.96. The first-order valence-corrected chi connectivity index (χ1v) is 8.31. The fourth-order valence-corrected chi connectivity index (χ4v) is 4.63. The van der Waals surface area contributed by atoms with E-state index in [-0.39, 0.29) is 15.2 Å². The minimum atomic E-state index is -3.67. The van der Waals surface area contributed by atoms with Crippen molar-refractivity contribution in [2.24, 2.45) is 5.41 Å². The summed E-state index contributed by atoms with van der Waals surface area (Å²) in [6.07, 6.45) is 2.06. The molecule has 0 amide bonds. The molecular formula is C12H17NO4S2. The van der Waals surface area contributed by atoms with Crippen LogP contribution in [-0.2, 0) is 14.8 Å². The summed E-state index contributed by atoms with van der Waals surface area (Å²) in [4.78, 5) is 11.8. The first-order valence-electron chi connectivity index (χ1n) is 5.95. The number of hydrogen-bond acceptors (Lipinski definition) is 5.